The van der Waals surface area contributed by atoms with Crippen molar-refractivity contribution in [2.24, 2.45) is 0 Å². The summed E-state index contributed by atoms with van der Waals surface area (Å²) >= 11 is 0. The van der Waals surface area contributed by atoms with Crippen molar-refractivity contribution in [3.63, 3.8) is 0 Å². The van der Waals surface area contributed by atoms with Crippen molar-refractivity contribution in [3.8, 4) is 6.07 Å². The quantitative estimate of drug-likeness (QED) is 0.882. The summed E-state index contributed by atoms with van der Waals surface area (Å²) in [6.07, 6.45) is 4.05. The molecule has 0 saturated heterocycles. The van der Waals surface area contributed by atoms with Gasteiger partial charge in [-0.3, -0.25) is 0 Å². The van der Waals surface area contributed by atoms with Gasteiger partial charge in [0.15, 0.2) is 0 Å². The van der Waals surface area contributed by atoms with Crippen LogP contribution in [0.3, 0.4) is 0 Å². The summed E-state index contributed by atoms with van der Waals surface area (Å²) in [5.41, 5.74) is -0.101. The number of nitriles is 1. The van der Waals surface area contributed by atoms with Crippen molar-refractivity contribution in [1.82, 2.24) is 15.3 Å². The maximum absolute atomic E-state index is 13.7. The van der Waals surface area contributed by atoms with Crippen LogP contribution in [0.4, 0.5) is 8.78 Å². The molecule has 6 heteroatoms. The third-order valence-corrected chi connectivity index (χ3v) is 3.05. The lowest BCUT2D eigenvalue weighted by Gasteiger charge is -2.15. The van der Waals surface area contributed by atoms with Crippen LogP contribution in [0.2, 0.25) is 0 Å². The molecule has 2 aromatic rings. The molecule has 0 amide bonds. The Balaban J connectivity index is 2.13. The minimum atomic E-state index is -0.719. The molecule has 1 atom stereocenters. The van der Waals surface area contributed by atoms with E-state index in [-0.39, 0.29) is 23.7 Å². The van der Waals surface area contributed by atoms with Gasteiger partial charge in [0.05, 0.1) is 17.7 Å². The van der Waals surface area contributed by atoms with Gasteiger partial charge in [0.25, 0.3) is 0 Å². The van der Waals surface area contributed by atoms with Gasteiger partial charge in [0.2, 0.25) is 0 Å². The SMILES string of the molecule is CCC(NCc1c(F)cc(C#N)cc1F)c1ncc[nH]1. The average molecular weight is 276 g/mol. The summed E-state index contributed by atoms with van der Waals surface area (Å²) in [4.78, 5) is 7.09. The summed E-state index contributed by atoms with van der Waals surface area (Å²) in [6, 6.07) is 3.68. The summed E-state index contributed by atoms with van der Waals surface area (Å²) in [6.45, 7) is 1.98. The van der Waals surface area contributed by atoms with Crippen LogP contribution in [-0.4, -0.2) is 9.97 Å². The van der Waals surface area contributed by atoms with Crippen LogP contribution in [0.5, 0.6) is 0 Å². The fraction of sp³-hybridized carbons (Fsp3) is 0.286. The van der Waals surface area contributed by atoms with Gasteiger partial charge < -0.3 is 10.3 Å². The molecule has 1 unspecified atom stereocenters. The second-order valence-corrected chi connectivity index (χ2v) is 4.35. The largest absolute Gasteiger partial charge is 0.347 e. The number of nitrogens with zero attached hydrogens (tertiary/aromatic N) is 2. The highest BCUT2D eigenvalue weighted by Gasteiger charge is 2.15. The van der Waals surface area contributed by atoms with Gasteiger partial charge >= 0.3 is 0 Å². The predicted octanol–water partition coefficient (Wildman–Crippen LogP) is 2.80. The van der Waals surface area contributed by atoms with Crippen LogP contribution in [0.1, 0.15) is 36.3 Å². The molecule has 0 aliphatic rings. The Kier molecular flexibility index (Phi) is 4.43. The molecule has 0 saturated carbocycles. The minimum Gasteiger partial charge on any atom is -0.347 e. The number of benzene rings is 1. The molecule has 0 radical (unpaired) electrons. The molecule has 0 fully saturated rings. The topological polar surface area (TPSA) is 64.5 Å². The first-order valence-electron chi connectivity index (χ1n) is 6.26. The summed E-state index contributed by atoms with van der Waals surface area (Å²) in [5, 5.41) is 11.7. The molecule has 0 aliphatic heterocycles. The van der Waals surface area contributed by atoms with Gasteiger partial charge in [0.1, 0.15) is 17.5 Å². The Bertz CT molecular complexity index is 594. The summed E-state index contributed by atoms with van der Waals surface area (Å²) in [7, 11) is 0. The Morgan fingerprint density at radius 2 is 2.10 bits per heavy atom. The number of nitrogens with one attached hydrogen (secondary N) is 2. The molecule has 1 aromatic carbocycles. The van der Waals surface area contributed by atoms with Crippen molar-refractivity contribution >= 4 is 0 Å². The fourth-order valence-electron chi connectivity index (χ4n) is 1.96. The third-order valence-electron chi connectivity index (χ3n) is 3.05. The number of hydrogen-bond donors (Lipinski definition) is 2. The number of imidazole rings is 1. The van der Waals surface area contributed by atoms with Crippen LogP contribution in [0.15, 0.2) is 24.5 Å². The molecule has 2 N–H and O–H groups in total. The van der Waals surface area contributed by atoms with Crippen LogP contribution >= 0.6 is 0 Å². The Labute approximate surface area is 115 Å². The monoisotopic (exact) mass is 276 g/mol. The van der Waals surface area contributed by atoms with Gasteiger partial charge in [-0.05, 0) is 18.6 Å². The molecule has 0 bridgehead atoms. The Hall–Kier alpha value is -2.26. The zero-order valence-electron chi connectivity index (χ0n) is 11.0. The minimum absolute atomic E-state index is 0.0261. The number of halogens is 2. The molecular formula is C14H14F2N4. The fourth-order valence-corrected chi connectivity index (χ4v) is 1.96. The van der Waals surface area contributed by atoms with Crippen molar-refractivity contribution < 1.29 is 8.78 Å². The van der Waals surface area contributed by atoms with Gasteiger partial charge in [-0.2, -0.15) is 5.26 Å². The number of aromatic nitrogens is 2. The molecule has 1 heterocycles. The van der Waals surface area contributed by atoms with E-state index in [2.05, 4.69) is 15.3 Å². The van der Waals surface area contributed by atoms with E-state index in [0.717, 1.165) is 24.4 Å². The van der Waals surface area contributed by atoms with Gasteiger partial charge in [-0.15, -0.1) is 0 Å². The zero-order valence-corrected chi connectivity index (χ0v) is 11.0. The standard InChI is InChI=1S/C14H14F2N4/c1-2-13(14-18-3-4-19-14)20-8-10-11(15)5-9(7-17)6-12(10)16/h3-6,13,20H,2,8H2,1H3,(H,18,19). The maximum atomic E-state index is 13.7. The van der Waals surface area contributed by atoms with Crippen molar-refractivity contribution in [2.45, 2.75) is 25.9 Å². The highest BCUT2D eigenvalue weighted by atomic mass is 19.1. The first kappa shape index (κ1) is 14.2. The molecule has 0 aliphatic carbocycles. The van der Waals surface area contributed by atoms with Gasteiger partial charge in [0, 0.05) is 24.5 Å². The van der Waals surface area contributed by atoms with E-state index in [0.29, 0.717) is 0 Å². The van der Waals surface area contributed by atoms with Gasteiger partial charge in [-0.1, -0.05) is 6.92 Å². The second-order valence-electron chi connectivity index (χ2n) is 4.35. The van der Waals surface area contributed by atoms with E-state index >= 15 is 0 Å². The van der Waals surface area contributed by atoms with Crippen LogP contribution in [-0.2, 0) is 6.54 Å². The molecule has 104 valence electrons. The van der Waals surface area contributed by atoms with Crippen LogP contribution in [0, 0.1) is 23.0 Å². The number of H-pyrrole nitrogens is 1. The highest BCUT2D eigenvalue weighted by molar-refractivity contribution is 5.34. The van der Waals surface area contributed by atoms with E-state index in [1.165, 1.54) is 0 Å². The molecule has 0 spiro atoms. The summed E-state index contributed by atoms with van der Waals surface area (Å²) < 4.78 is 27.5. The second kappa shape index (κ2) is 6.26. The smallest absolute Gasteiger partial charge is 0.131 e. The maximum Gasteiger partial charge on any atom is 0.131 e. The zero-order chi connectivity index (χ0) is 14.5. The lowest BCUT2D eigenvalue weighted by atomic mass is 10.1. The average Bonchev–Trinajstić information content (AvgIpc) is 2.95. The number of rotatable bonds is 5. The Morgan fingerprint density at radius 1 is 1.40 bits per heavy atom. The number of aromatic amines is 1. The molecule has 20 heavy (non-hydrogen) atoms. The lowest BCUT2D eigenvalue weighted by molar-refractivity contribution is 0.470. The van der Waals surface area contributed by atoms with Crippen molar-refractivity contribution in [2.75, 3.05) is 0 Å². The van der Waals surface area contributed by atoms with Crippen LogP contribution in [0.25, 0.3) is 0 Å². The van der Waals surface area contributed by atoms with Gasteiger partial charge in [-0.25, -0.2) is 13.8 Å². The van der Waals surface area contributed by atoms with E-state index in [1.54, 1.807) is 18.5 Å². The van der Waals surface area contributed by atoms with Crippen molar-refractivity contribution in [3.05, 3.63) is 53.1 Å². The Morgan fingerprint density at radius 3 is 2.60 bits per heavy atom. The highest BCUT2D eigenvalue weighted by Crippen LogP contribution is 2.18. The molecule has 4 nitrogen and oxygen atoms in total. The molecule has 2 rings (SSSR count). The summed E-state index contributed by atoms with van der Waals surface area (Å²) in [5.74, 6) is -0.714. The molecule has 1 aromatic heterocycles. The van der Waals surface area contributed by atoms with E-state index in [4.69, 9.17) is 5.26 Å². The third kappa shape index (κ3) is 3.00. The first-order valence-corrected chi connectivity index (χ1v) is 6.26. The van der Waals surface area contributed by atoms with Crippen LogP contribution < -0.4 is 5.32 Å². The van der Waals surface area contributed by atoms with E-state index in [9.17, 15) is 8.78 Å². The predicted molar refractivity (Wildman–Crippen MR) is 69.5 cm³/mol. The molecular weight excluding hydrogens is 262 g/mol. The lowest BCUT2D eigenvalue weighted by Crippen LogP contribution is -2.22. The number of hydrogen-bond acceptors (Lipinski definition) is 3. The van der Waals surface area contributed by atoms with E-state index < -0.39 is 11.6 Å². The normalized spacial score (nSPS) is 12.1. The van der Waals surface area contributed by atoms with E-state index in [1.807, 2.05) is 6.92 Å². The van der Waals surface area contributed by atoms with Crippen molar-refractivity contribution in [1.29, 1.82) is 5.26 Å². The first-order chi connectivity index (χ1) is 9.65.